The summed E-state index contributed by atoms with van der Waals surface area (Å²) >= 11 is 1.08. The number of carbonyl (C=O) groups excluding carboxylic acids is 4. The lowest BCUT2D eigenvalue weighted by atomic mass is 10.00. The number of pyridine rings is 1. The van der Waals surface area contributed by atoms with Crippen LogP contribution in [0.25, 0.3) is 10.2 Å². The Morgan fingerprint density at radius 2 is 2.07 bits per heavy atom. The molecule has 29 heavy (non-hydrogen) atoms. The van der Waals surface area contributed by atoms with Gasteiger partial charge in [0.05, 0.1) is 5.69 Å². The number of nitrogens with two attached hydrogens (primary N) is 1. The number of esters is 1. The van der Waals surface area contributed by atoms with E-state index in [0.29, 0.717) is 21.6 Å². The third kappa shape index (κ3) is 3.60. The number of urea groups is 1. The molecule has 1 saturated heterocycles. The molecule has 1 unspecified atom stereocenters. The number of imide groups is 1. The van der Waals surface area contributed by atoms with Gasteiger partial charge in [-0.25, -0.2) is 14.6 Å². The Kier molecular flexibility index (Phi) is 5.18. The number of anilines is 1. The van der Waals surface area contributed by atoms with Crippen molar-refractivity contribution in [2.24, 2.45) is 0 Å². The fourth-order valence-corrected chi connectivity index (χ4v) is 4.11. The Balaban J connectivity index is 1.67. The highest BCUT2D eigenvalue weighted by molar-refractivity contribution is 7.21. The van der Waals surface area contributed by atoms with Gasteiger partial charge in [-0.15, -0.1) is 11.3 Å². The van der Waals surface area contributed by atoms with E-state index in [-0.39, 0.29) is 10.6 Å². The highest BCUT2D eigenvalue weighted by Crippen LogP contribution is 2.35. The second kappa shape index (κ2) is 7.32. The van der Waals surface area contributed by atoms with E-state index in [4.69, 9.17) is 10.5 Å². The van der Waals surface area contributed by atoms with Crippen molar-refractivity contribution in [1.82, 2.24) is 20.7 Å². The number of nitrogen functional groups attached to an aromatic ring is 1. The van der Waals surface area contributed by atoms with E-state index >= 15 is 0 Å². The van der Waals surface area contributed by atoms with Crippen molar-refractivity contribution in [3.63, 3.8) is 0 Å². The zero-order valence-corrected chi connectivity index (χ0v) is 17.2. The van der Waals surface area contributed by atoms with Crippen LogP contribution >= 0.6 is 11.3 Å². The number of nitrogens with zero attached hydrogens (tertiary/aromatic N) is 2. The Labute approximate surface area is 170 Å². The van der Waals surface area contributed by atoms with E-state index < -0.39 is 36.0 Å². The lowest BCUT2D eigenvalue weighted by molar-refractivity contribution is -0.139. The van der Waals surface area contributed by atoms with Gasteiger partial charge in [0.1, 0.15) is 15.2 Å². The van der Waals surface area contributed by atoms with Crippen molar-refractivity contribution >= 4 is 51.1 Å². The molecule has 1 aliphatic heterocycles. The zero-order chi connectivity index (χ0) is 21.5. The van der Waals surface area contributed by atoms with Gasteiger partial charge in [-0.2, -0.15) is 5.01 Å². The third-order valence-corrected chi connectivity index (χ3v) is 5.83. The average Bonchev–Trinajstić information content (AvgIpc) is 3.09. The molecule has 154 valence electrons. The third-order valence-electron chi connectivity index (χ3n) is 4.75. The Bertz CT molecular complexity index is 1050. The summed E-state index contributed by atoms with van der Waals surface area (Å²) in [6, 6.07) is 1.11. The molecule has 0 aromatic carbocycles. The summed E-state index contributed by atoms with van der Waals surface area (Å²) in [5.41, 5.74) is 9.06. The molecule has 0 radical (unpaired) electrons. The highest BCUT2D eigenvalue weighted by atomic mass is 32.1. The summed E-state index contributed by atoms with van der Waals surface area (Å²) in [7, 11) is 0. The van der Waals surface area contributed by atoms with Crippen LogP contribution in [0.1, 0.15) is 41.2 Å². The molecular formula is C18H21N5O5S. The van der Waals surface area contributed by atoms with Gasteiger partial charge in [-0.3, -0.25) is 15.0 Å². The van der Waals surface area contributed by atoms with Crippen molar-refractivity contribution in [3.8, 4) is 0 Å². The first kappa shape index (κ1) is 20.5. The lowest BCUT2D eigenvalue weighted by Crippen LogP contribution is -2.49. The minimum atomic E-state index is -1.09. The van der Waals surface area contributed by atoms with Crippen LogP contribution in [0.4, 0.5) is 10.5 Å². The van der Waals surface area contributed by atoms with Crippen LogP contribution in [0.3, 0.4) is 0 Å². The Morgan fingerprint density at radius 1 is 1.38 bits per heavy atom. The molecule has 1 aliphatic rings. The molecule has 4 amide bonds. The molecule has 4 N–H and O–H groups in total. The van der Waals surface area contributed by atoms with Crippen molar-refractivity contribution in [1.29, 1.82) is 0 Å². The first-order valence-corrected chi connectivity index (χ1v) is 9.68. The molecule has 0 aliphatic carbocycles. The number of rotatable bonds is 5. The summed E-state index contributed by atoms with van der Waals surface area (Å²) in [5.74, 6) is -2.20. The van der Waals surface area contributed by atoms with Crippen LogP contribution in [0.15, 0.2) is 6.07 Å². The molecular weight excluding hydrogens is 398 g/mol. The molecule has 2 aromatic heterocycles. The fraction of sp³-hybridized carbons (Fsp3) is 0.389. The van der Waals surface area contributed by atoms with E-state index in [0.717, 1.165) is 22.6 Å². The number of fused-ring (bicyclic) bond motifs is 1. The topological polar surface area (TPSA) is 144 Å². The molecule has 11 heteroatoms. The average molecular weight is 419 g/mol. The molecule has 0 spiro atoms. The number of amides is 4. The molecule has 1 atom stereocenters. The molecule has 10 nitrogen and oxygen atoms in total. The highest BCUT2D eigenvalue weighted by Gasteiger charge is 2.47. The van der Waals surface area contributed by atoms with Gasteiger partial charge in [0.2, 0.25) is 0 Å². The maximum absolute atomic E-state index is 12.4. The van der Waals surface area contributed by atoms with Crippen LogP contribution in [-0.4, -0.2) is 46.0 Å². The number of carbonyl (C=O) groups is 4. The normalized spacial score (nSPS) is 18.8. The summed E-state index contributed by atoms with van der Waals surface area (Å²) in [4.78, 5) is 53.8. The van der Waals surface area contributed by atoms with Gasteiger partial charge in [0.15, 0.2) is 6.61 Å². The van der Waals surface area contributed by atoms with Crippen LogP contribution in [0.5, 0.6) is 0 Å². The predicted molar refractivity (Wildman–Crippen MR) is 106 cm³/mol. The second-order valence-corrected chi connectivity index (χ2v) is 7.97. The van der Waals surface area contributed by atoms with Gasteiger partial charge in [0.25, 0.3) is 11.8 Å². The molecule has 0 bridgehead atoms. The van der Waals surface area contributed by atoms with Gasteiger partial charge in [-0.1, -0.05) is 6.92 Å². The molecule has 1 fully saturated rings. The summed E-state index contributed by atoms with van der Waals surface area (Å²) in [6.45, 7) is 6.31. The number of hydrazine groups is 1. The monoisotopic (exact) mass is 419 g/mol. The Hall–Kier alpha value is -3.21. The Morgan fingerprint density at radius 3 is 2.69 bits per heavy atom. The van der Waals surface area contributed by atoms with E-state index in [2.05, 4.69) is 15.7 Å². The largest absolute Gasteiger partial charge is 0.451 e. The van der Waals surface area contributed by atoms with Crippen LogP contribution in [0, 0.1) is 13.8 Å². The number of nitrogens with one attached hydrogen (secondary N) is 2. The number of hydrogen-bond donors (Lipinski definition) is 3. The first-order valence-electron chi connectivity index (χ1n) is 8.87. The van der Waals surface area contributed by atoms with Gasteiger partial charge >= 0.3 is 12.0 Å². The van der Waals surface area contributed by atoms with Gasteiger partial charge < -0.3 is 15.8 Å². The van der Waals surface area contributed by atoms with E-state index in [1.807, 2.05) is 19.9 Å². The second-order valence-electron chi connectivity index (χ2n) is 6.97. The van der Waals surface area contributed by atoms with E-state index in [1.165, 1.54) is 0 Å². The van der Waals surface area contributed by atoms with Crippen molar-refractivity contribution in [2.45, 2.75) is 39.7 Å². The molecule has 0 saturated carbocycles. The van der Waals surface area contributed by atoms with Crippen LogP contribution in [-0.2, 0) is 14.3 Å². The van der Waals surface area contributed by atoms with Crippen molar-refractivity contribution < 1.29 is 23.9 Å². The number of hydrogen-bond acceptors (Lipinski definition) is 8. The quantitative estimate of drug-likeness (QED) is 0.491. The minimum Gasteiger partial charge on any atom is -0.451 e. The maximum Gasteiger partial charge on any atom is 0.351 e. The van der Waals surface area contributed by atoms with Crippen LogP contribution < -0.4 is 16.5 Å². The fourth-order valence-electron chi connectivity index (χ4n) is 3.00. The SMILES string of the molecule is CCC1(C)NC(=O)N(NC(=O)COC(=O)c2sc3nc(C)cc(C)c3c2N)C1=O. The lowest BCUT2D eigenvalue weighted by Gasteiger charge is -2.19. The number of thiophene rings is 1. The van der Waals surface area contributed by atoms with Gasteiger partial charge in [0, 0.05) is 11.1 Å². The van der Waals surface area contributed by atoms with Crippen molar-refractivity contribution in [3.05, 3.63) is 22.2 Å². The molecule has 3 rings (SSSR count). The maximum atomic E-state index is 12.4. The van der Waals surface area contributed by atoms with E-state index in [9.17, 15) is 19.2 Å². The van der Waals surface area contributed by atoms with E-state index in [1.54, 1.807) is 13.8 Å². The predicted octanol–water partition coefficient (Wildman–Crippen LogP) is 1.40. The van der Waals surface area contributed by atoms with Crippen molar-refractivity contribution in [2.75, 3.05) is 12.3 Å². The van der Waals surface area contributed by atoms with Gasteiger partial charge in [-0.05, 0) is 38.8 Å². The standard InChI is InChI=1S/C18H21N5O5S/c1-5-18(4)16(26)23(17(27)21-18)22-10(24)7-28-15(25)13-12(19)11-8(2)6-9(3)20-14(11)29-13/h6H,5,7,19H2,1-4H3,(H,21,27)(H,22,24). The zero-order valence-electron chi connectivity index (χ0n) is 16.4. The number of aryl methyl sites for hydroxylation is 2. The number of aromatic nitrogens is 1. The number of ether oxygens (including phenoxy) is 1. The molecule has 3 heterocycles. The van der Waals surface area contributed by atoms with Crippen LogP contribution in [0.2, 0.25) is 0 Å². The summed E-state index contributed by atoms with van der Waals surface area (Å²) in [5, 5.41) is 3.76. The first-order chi connectivity index (χ1) is 13.6. The molecule has 2 aromatic rings. The summed E-state index contributed by atoms with van der Waals surface area (Å²) in [6.07, 6.45) is 0.358. The minimum absolute atomic E-state index is 0.141. The summed E-state index contributed by atoms with van der Waals surface area (Å²) < 4.78 is 5.01. The smallest absolute Gasteiger partial charge is 0.351 e.